The van der Waals surface area contributed by atoms with Crippen LogP contribution >= 0.6 is 0 Å². The van der Waals surface area contributed by atoms with E-state index in [1.54, 1.807) is 24.3 Å². The molecule has 0 heterocycles. The van der Waals surface area contributed by atoms with E-state index in [4.69, 9.17) is 20.4 Å². The number of hydrogen-bond acceptors (Lipinski definition) is 9. The van der Waals surface area contributed by atoms with Gasteiger partial charge in [0.1, 0.15) is 12.6 Å². The number of amides is 5. The summed E-state index contributed by atoms with van der Waals surface area (Å²) in [5, 5.41) is 19.5. The summed E-state index contributed by atoms with van der Waals surface area (Å²) in [6.45, 7) is 4.05. The number of carbonyl (C=O) groups is 5. The van der Waals surface area contributed by atoms with Crippen LogP contribution in [0.5, 0.6) is 0 Å². The van der Waals surface area contributed by atoms with Crippen molar-refractivity contribution in [3.8, 4) is 0 Å². The molecule has 5 amide bonds. The number of carbonyl (C=O) groups excluding carboxylic acids is 5. The van der Waals surface area contributed by atoms with Gasteiger partial charge in [-0.25, -0.2) is 5.48 Å². The predicted octanol–water partition coefficient (Wildman–Crippen LogP) is -0.186. The number of nitrogens with two attached hydrogens (primary N) is 1. The van der Waals surface area contributed by atoms with Crippen LogP contribution in [0.1, 0.15) is 55.8 Å². The second-order valence-electron chi connectivity index (χ2n) is 8.83. The fourth-order valence-corrected chi connectivity index (χ4v) is 3.31. The van der Waals surface area contributed by atoms with Gasteiger partial charge in [-0.05, 0) is 49.9 Å². The first-order valence-corrected chi connectivity index (χ1v) is 13.3. The third-order valence-electron chi connectivity index (χ3n) is 5.49. The molecule has 1 aromatic carbocycles. The highest BCUT2D eigenvalue weighted by molar-refractivity contribution is 5.97. The zero-order valence-electron chi connectivity index (χ0n) is 23.0. The topological polar surface area (TPSA) is 210 Å². The van der Waals surface area contributed by atoms with E-state index < -0.39 is 17.9 Å². The van der Waals surface area contributed by atoms with Crippen molar-refractivity contribution in [2.75, 3.05) is 51.4 Å². The first-order chi connectivity index (χ1) is 19.3. The van der Waals surface area contributed by atoms with E-state index >= 15 is 0 Å². The molecule has 0 saturated heterocycles. The highest BCUT2D eigenvalue weighted by Crippen LogP contribution is 2.10. The van der Waals surface area contributed by atoms with Gasteiger partial charge in [0.2, 0.25) is 23.6 Å². The summed E-state index contributed by atoms with van der Waals surface area (Å²) >= 11 is 0. The minimum absolute atomic E-state index is 0.0423. The Morgan fingerprint density at radius 1 is 0.850 bits per heavy atom. The average Bonchev–Trinajstić information content (AvgIpc) is 2.95. The highest BCUT2D eigenvalue weighted by atomic mass is 16.5. The Morgan fingerprint density at radius 3 is 2.20 bits per heavy atom. The van der Waals surface area contributed by atoms with E-state index in [1.807, 2.05) is 0 Å². The fourth-order valence-electron chi connectivity index (χ4n) is 3.31. The Balaban J connectivity index is 2.10. The lowest BCUT2D eigenvalue weighted by Gasteiger charge is -2.16. The number of unbranched alkanes of at least 4 members (excludes halogenated alkanes) is 1. The molecule has 14 heteroatoms. The molecular weight excluding hydrogens is 524 g/mol. The number of benzene rings is 1. The van der Waals surface area contributed by atoms with Gasteiger partial charge >= 0.3 is 0 Å². The van der Waals surface area contributed by atoms with Crippen LogP contribution in [0, 0.1) is 0 Å². The third kappa shape index (κ3) is 16.3. The molecule has 8 N–H and O–H groups in total. The van der Waals surface area contributed by atoms with Crippen LogP contribution in [0.3, 0.4) is 0 Å². The van der Waals surface area contributed by atoms with E-state index in [-0.39, 0.29) is 63.5 Å². The first-order valence-electron chi connectivity index (χ1n) is 13.3. The zero-order valence-corrected chi connectivity index (χ0v) is 23.0. The predicted molar refractivity (Wildman–Crippen MR) is 146 cm³/mol. The van der Waals surface area contributed by atoms with E-state index in [1.165, 1.54) is 5.48 Å². The van der Waals surface area contributed by atoms with Crippen LogP contribution in [-0.4, -0.2) is 86.8 Å². The molecule has 0 fully saturated rings. The molecule has 0 aromatic heterocycles. The van der Waals surface area contributed by atoms with E-state index in [0.717, 1.165) is 18.7 Å². The molecule has 0 aliphatic heterocycles. The minimum atomic E-state index is -0.814. The molecule has 40 heavy (non-hydrogen) atoms. The Labute approximate surface area is 234 Å². The number of primary amides is 1. The summed E-state index contributed by atoms with van der Waals surface area (Å²) < 4.78 is 10.5. The maximum Gasteiger partial charge on any atom is 0.251 e. The van der Waals surface area contributed by atoms with Crippen LogP contribution in [0.15, 0.2) is 24.3 Å². The second-order valence-corrected chi connectivity index (χ2v) is 8.83. The molecule has 0 saturated carbocycles. The Bertz CT molecular complexity index is 928. The van der Waals surface area contributed by atoms with E-state index in [9.17, 15) is 24.0 Å². The van der Waals surface area contributed by atoms with E-state index in [2.05, 4.69) is 28.2 Å². The van der Waals surface area contributed by atoms with Crippen LogP contribution < -0.4 is 32.5 Å². The molecule has 224 valence electrons. The van der Waals surface area contributed by atoms with Crippen molar-refractivity contribution in [3.63, 3.8) is 0 Å². The smallest absolute Gasteiger partial charge is 0.251 e. The van der Waals surface area contributed by atoms with Gasteiger partial charge in [0, 0.05) is 43.7 Å². The van der Waals surface area contributed by atoms with Crippen molar-refractivity contribution in [1.82, 2.24) is 21.4 Å². The summed E-state index contributed by atoms with van der Waals surface area (Å²) in [6.07, 6.45) is 2.33. The maximum atomic E-state index is 12.5. The standard InChI is InChI=1S/C26H42N6O8/c1-2-12-28-20-8-6-19(7-9-20)26(37)31-21(25(27)36)5-3-4-13-29-24(35)18-40-17-16-39-15-14-30-22(33)10-11-23(34)32-38/h6-9,21,28,38H,2-5,10-18H2,1H3,(H2,27,36)(H,29,35)(H,30,33)(H,31,37)(H,32,34). The van der Waals surface area contributed by atoms with E-state index in [0.29, 0.717) is 31.4 Å². The monoisotopic (exact) mass is 566 g/mol. The number of ether oxygens (including phenoxy) is 2. The molecule has 0 radical (unpaired) electrons. The summed E-state index contributed by atoms with van der Waals surface area (Å²) in [5.41, 5.74) is 8.24. The number of hydroxylamine groups is 1. The Hall–Kier alpha value is -3.75. The van der Waals surface area contributed by atoms with Gasteiger partial charge in [0.05, 0.1) is 19.8 Å². The first kappa shape index (κ1) is 34.3. The number of anilines is 1. The summed E-state index contributed by atoms with van der Waals surface area (Å²) in [4.78, 5) is 58.4. The molecule has 0 bridgehead atoms. The highest BCUT2D eigenvalue weighted by Gasteiger charge is 2.18. The number of hydrogen-bond donors (Lipinski definition) is 7. The van der Waals surface area contributed by atoms with Gasteiger partial charge in [-0.3, -0.25) is 29.2 Å². The molecule has 0 aliphatic carbocycles. The summed E-state index contributed by atoms with van der Waals surface area (Å²) in [7, 11) is 0. The molecular formula is C26H42N6O8. The number of nitrogens with one attached hydrogen (secondary N) is 5. The molecule has 1 unspecified atom stereocenters. The van der Waals surface area contributed by atoms with Crippen molar-refractivity contribution >= 4 is 35.2 Å². The molecule has 0 spiro atoms. The molecule has 0 aliphatic rings. The van der Waals surface area contributed by atoms with Crippen molar-refractivity contribution < 1.29 is 38.7 Å². The lowest BCUT2D eigenvalue weighted by Crippen LogP contribution is -2.44. The van der Waals surface area contributed by atoms with Gasteiger partial charge in [0.15, 0.2) is 0 Å². The van der Waals surface area contributed by atoms with Crippen LogP contribution in [-0.2, 0) is 28.7 Å². The van der Waals surface area contributed by atoms with Crippen molar-refractivity contribution in [2.45, 2.75) is 51.5 Å². The number of rotatable bonds is 22. The normalized spacial score (nSPS) is 11.2. The van der Waals surface area contributed by atoms with Gasteiger partial charge in [-0.2, -0.15) is 0 Å². The van der Waals surface area contributed by atoms with Crippen molar-refractivity contribution in [2.24, 2.45) is 5.73 Å². The SMILES string of the molecule is CCCNc1ccc(C(=O)NC(CCCCNC(=O)COCCOCCNC(=O)CCC(=O)NO)C(N)=O)cc1. The van der Waals surface area contributed by atoms with Crippen LogP contribution in [0.25, 0.3) is 0 Å². The largest absolute Gasteiger partial charge is 0.385 e. The van der Waals surface area contributed by atoms with Gasteiger partial charge in [-0.1, -0.05) is 6.92 Å². The molecule has 1 atom stereocenters. The van der Waals surface area contributed by atoms with Gasteiger partial charge in [0.25, 0.3) is 5.91 Å². The zero-order chi connectivity index (χ0) is 29.6. The summed E-state index contributed by atoms with van der Waals surface area (Å²) in [5.74, 6) is -2.27. The third-order valence-corrected chi connectivity index (χ3v) is 5.49. The minimum Gasteiger partial charge on any atom is -0.385 e. The molecule has 1 rings (SSSR count). The van der Waals surface area contributed by atoms with Crippen LogP contribution in [0.4, 0.5) is 5.69 Å². The Morgan fingerprint density at radius 2 is 1.52 bits per heavy atom. The van der Waals surface area contributed by atoms with Crippen LogP contribution in [0.2, 0.25) is 0 Å². The maximum absolute atomic E-state index is 12.5. The lowest BCUT2D eigenvalue weighted by atomic mass is 10.1. The fraction of sp³-hybridized carbons (Fsp3) is 0.577. The van der Waals surface area contributed by atoms with Crippen molar-refractivity contribution in [3.05, 3.63) is 29.8 Å². The lowest BCUT2D eigenvalue weighted by molar-refractivity contribution is -0.131. The molecule has 14 nitrogen and oxygen atoms in total. The summed E-state index contributed by atoms with van der Waals surface area (Å²) in [6, 6.07) is 6.16. The van der Waals surface area contributed by atoms with Gasteiger partial charge in [-0.15, -0.1) is 0 Å². The molecule has 1 aromatic rings. The quantitative estimate of drug-likeness (QED) is 0.0563. The van der Waals surface area contributed by atoms with Crippen molar-refractivity contribution in [1.29, 1.82) is 0 Å². The average molecular weight is 567 g/mol. The second kappa shape index (κ2) is 21.1. The Kier molecular flexibility index (Phi) is 18.1. The van der Waals surface area contributed by atoms with Gasteiger partial charge < -0.3 is 36.5 Å².